The minimum Gasteiger partial charge on any atom is -0.360 e. The van der Waals surface area contributed by atoms with Crippen LogP contribution in [0, 0.1) is 11.8 Å². The lowest BCUT2D eigenvalue weighted by molar-refractivity contribution is -0.194. The van der Waals surface area contributed by atoms with Gasteiger partial charge in [-0.1, -0.05) is 5.16 Å². The van der Waals surface area contributed by atoms with E-state index >= 15 is 0 Å². The predicted octanol–water partition coefficient (Wildman–Crippen LogP) is 2.58. The van der Waals surface area contributed by atoms with E-state index in [0.29, 0.717) is 31.4 Å². The molecule has 0 bridgehead atoms. The molecular formula is C20H27F3N4O3. The number of nitrogens with one attached hydrogen (secondary N) is 1. The molecule has 3 fully saturated rings. The Morgan fingerprint density at radius 1 is 1.13 bits per heavy atom. The first kappa shape index (κ1) is 21.1. The Hall–Kier alpha value is -2.10. The van der Waals surface area contributed by atoms with Crippen molar-refractivity contribution in [2.24, 2.45) is 17.6 Å². The van der Waals surface area contributed by atoms with E-state index in [1.165, 1.54) is 11.0 Å². The molecule has 1 saturated heterocycles. The number of nitrogens with zero attached hydrogens (tertiary/aromatic N) is 2. The van der Waals surface area contributed by atoms with Crippen LogP contribution in [0.5, 0.6) is 0 Å². The minimum atomic E-state index is -4.53. The highest BCUT2D eigenvalue weighted by molar-refractivity contribution is 5.92. The number of hydrogen-bond acceptors (Lipinski definition) is 5. The van der Waals surface area contributed by atoms with Crippen molar-refractivity contribution in [3.8, 4) is 0 Å². The molecule has 0 aromatic carbocycles. The Bertz CT molecular complexity index is 785. The molecule has 2 heterocycles. The van der Waals surface area contributed by atoms with E-state index in [1.807, 2.05) is 0 Å². The van der Waals surface area contributed by atoms with Crippen LogP contribution in [0.2, 0.25) is 0 Å². The zero-order valence-corrected chi connectivity index (χ0v) is 16.7. The van der Waals surface area contributed by atoms with Crippen LogP contribution in [-0.2, 0) is 4.79 Å². The van der Waals surface area contributed by atoms with Gasteiger partial charge in [0.05, 0.1) is 5.92 Å². The molecule has 10 heteroatoms. The third-order valence-electron chi connectivity index (χ3n) is 6.52. The largest absolute Gasteiger partial charge is 0.395 e. The summed E-state index contributed by atoms with van der Waals surface area (Å²) >= 11 is 0. The lowest BCUT2D eigenvalue weighted by Gasteiger charge is -2.41. The number of carbonyl (C=O) groups is 2. The summed E-state index contributed by atoms with van der Waals surface area (Å²) in [5.74, 6) is -2.14. The van der Waals surface area contributed by atoms with Gasteiger partial charge in [-0.05, 0) is 44.9 Å². The second-order valence-corrected chi connectivity index (χ2v) is 8.80. The van der Waals surface area contributed by atoms with E-state index in [4.69, 9.17) is 10.3 Å². The molecule has 7 nitrogen and oxygen atoms in total. The molecule has 2 atom stereocenters. The number of aromatic nitrogens is 1. The number of alkyl halides is 3. The molecular weight excluding hydrogens is 401 g/mol. The lowest BCUT2D eigenvalue weighted by Crippen LogP contribution is -2.57. The van der Waals surface area contributed by atoms with Crippen molar-refractivity contribution in [2.45, 2.75) is 69.1 Å². The van der Waals surface area contributed by atoms with Crippen LogP contribution in [0.25, 0.3) is 0 Å². The first-order valence-electron chi connectivity index (χ1n) is 10.6. The van der Waals surface area contributed by atoms with Gasteiger partial charge in [-0.3, -0.25) is 9.59 Å². The molecule has 0 spiro atoms. The van der Waals surface area contributed by atoms with Gasteiger partial charge in [0.1, 0.15) is 5.76 Å². The maximum absolute atomic E-state index is 13.8. The number of amides is 2. The number of hydrogen-bond donors (Lipinski definition) is 2. The van der Waals surface area contributed by atoms with Crippen LogP contribution in [0.15, 0.2) is 10.6 Å². The fourth-order valence-electron chi connectivity index (χ4n) is 4.48. The van der Waals surface area contributed by atoms with Crippen molar-refractivity contribution in [3.05, 3.63) is 17.5 Å². The third kappa shape index (κ3) is 4.63. The summed E-state index contributed by atoms with van der Waals surface area (Å²) in [6, 6.07) is 0.458. The Balaban J connectivity index is 1.40. The van der Waals surface area contributed by atoms with Gasteiger partial charge in [0.25, 0.3) is 5.91 Å². The van der Waals surface area contributed by atoms with Crippen LogP contribution in [0.1, 0.15) is 67.1 Å². The van der Waals surface area contributed by atoms with Crippen molar-refractivity contribution < 1.29 is 27.3 Å². The van der Waals surface area contributed by atoms with Gasteiger partial charge in [-0.15, -0.1) is 0 Å². The summed E-state index contributed by atoms with van der Waals surface area (Å²) < 4.78 is 46.4. The molecule has 1 aromatic rings. The van der Waals surface area contributed by atoms with Gasteiger partial charge in [0, 0.05) is 43.1 Å². The van der Waals surface area contributed by atoms with Crippen molar-refractivity contribution in [1.82, 2.24) is 15.4 Å². The van der Waals surface area contributed by atoms with Gasteiger partial charge in [0.2, 0.25) is 5.91 Å². The second kappa shape index (κ2) is 8.20. The topological polar surface area (TPSA) is 101 Å². The van der Waals surface area contributed by atoms with Gasteiger partial charge in [-0.25, -0.2) is 0 Å². The quantitative estimate of drug-likeness (QED) is 0.768. The van der Waals surface area contributed by atoms with E-state index in [2.05, 4.69) is 10.5 Å². The summed E-state index contributed by atoms with van der Waals surface area (Å²) in [5, 5.41) is 6.17. The van der Waals surface area contributed by atoms with E-state index < -0.39 is 30.6 Å². The molecule has 1 aliphatic heterocycles. The van der Waals surface area contributed by atoms with E-state index in [9.17, 15) is 22.8 Å². The molecule has 3 aliphatic rings. The Morgan fingerprint density at radius 2 is 1.83 bits per heavy atom. The second-order valence-electron chi connectivity index (χ2n) is 8.80. The Labute approximate surface area is 172 Å². The maximum Gasteiger partial charge on any atom is 0.395 e. The maximum atomic E-state index is 13.8. The summed E-state index contributed by atoms with van der Waals surface area (Å²) in [4.78, 5) is 26.5. The van der Waals surface area contributed by atoms with Crippen molar-refractivity contribution in [1.29, 1.82) is 0 Å². The summed E-state index contributed by atoms with van der Waals surface area (Å²) in [5.41, 5.74) is 5.86. The average molecular weight is 428 g/mol. The predicted molar refractivity (Wildman–Crippen MR) is 100 cm³/mol. The van der Waals surface area contributed by atoms with Gasteiger partial charge in [0.15, 0.2) is 5.69 Å². The third-order valence-corrected chi connectivity index (χ3v) is 6.52. The highest BCUT2D eigenvalue weighted by atomic mass is 19.4. The molecule has 4 rings (SSSR count). The number of halogens is 3. The van der Waals surface area contributed by atoms with Crippen molar-refractivity contribution >= 4 is 11.8 Å². The molecule has 2 saturated carbocycles. The Kier molecular flexibility index (Phi) is 5.78. The van der Waals surface area contributed by atoms with Crippen molar-refractivity contribution in [2.75, 3.05) is 13.1 Å². The fourth-order valence-corrected chi connectivity index (χ4v) is 4.48. The first-order valence-corrected chi connectivity index (χ1v) is 10.6. The number of rotatable bonds is 4. The van der Waals surface area contributed by atoms with E-state index in [0.717, 1.165) is 12.8 Å². The number of piperidine rings is 1. The summed E-state index contributed by atoms with van der Waals surface area (Å²) in [7, 11) is 0. The molecule has 2 unspecified atom stereocenters. The van der Waals surface area contributed by atoms with Crippen LogP contribution in [0.3, 0.4) is 0 Å². The normalized spacial score (nSPS) is 30.2. The molecule has 1 aromatic heterocycles. The zero-order valence-electron chi connectivity index (χ0n) is 16.7. The van der Waals surface area contributed by atoms with Gasteiger partial charge < -0.3 is 20.5 Å². The number of likely N-dealkylation sites (tertiary alicyclic amines) is 1. The van der Waals surface area contributed by atoms with Crippen LogP contribution >= 0.6 is 0 Å². The highest BCUT2D eigenvalue weighted by Crippen LogP contribution is 2.40. The van der Waals surface area contributed by atoms with Crippen LogP contribution in [0.4, 0.5) is 13.2 Å². The van der Waals surface area contributed by atoms with Gasteiger partial charge >= 0.3 is 6.18 Å². The smallest absolute Gasteiger partial charge is 0.360 e. The highest BCUT2D eigenvalue weighted by Gasteiger charge is 2.49. The molecule has 166 valence electrons. The molecule has 30 heavy (non-hydrogen) atoms. The van der Waals surface area contributed by atoms with Crippen LogP contribution < -0.4 is 11.1 Å². The zero-order chi connectivity index (χ0) is 21.5. The number of carbonyl (C=O) groups excluding carboxylic acids is 2. The standard InChI is InChI=1S/C20H27F3N4O3/c21-20(22,23)14-10-27(19(29)12-3-5-13(24)6-4-12)8-7-15(14)25-18(28)16-9-17(30-26-16)11-1-2-11/h9,11-15H,1-8,10,24H2,(H,25,28). The van der Waals surface area contributed by atoms with E-state index in [-0.39, 0.29) is 42.4 Å². The SMILES string of the molecule is NC1CCC(C(=O)N2CCC(NC(=O)c3cc(C4CC4)on3)C(C(F)(F)F)C2)CC1. The van der Waals surface area contributed by atoms with Crippen LogP contribution in [-0.4, -0.2) is 53.2 Å². The molecule has 2 aliphatic carbocycles. The lowest BCUT2D eigenvalue weighted by atomic mass is 9.84. The molecule has 0 radical (unpaired) electrons. The number of nitrogens with two attached hydrogens (primary N) is 1. The summed E-state index contributed by atoms with van der Waals surface area (Å²) in [6.07, 6.45) is 0.0949. The van der Waals surface area contributed by atoms with Gasteiger partial charge in [-0.2, -0.15) is 13.2 Å². The monoisotopic (exact) mass is 428 g/mol. The molecule has 3 N–H and O–H groups in total. The minimum absolute atomic E-state index is 0.00475. The first-order chi connectivity index (χ1) is 14.2. The van der Waals surface area contributed by atoms with Crippen molar-refractivity contribution in [3.63, 3.8) is 0 Å². The summed E-state index contributed by atoms with van der Waals surface area (Å²) in [6.45, 7) is -0.257. The molecule has 2 amide bonds. The van der Waals surface area contributed by atoms with E-state index in [1.54, 1.807) is 0 Å². The fraction of sp³-hybridized carbons (Fsp3) is 0.750. The average Bonchev–Trinajstić information content (AvgIpc) is 3.44. The Morgan fingerprint density at radius 3 is 2.47 bits per heavy atom.